The van der Waals surface area contributed by atoms with Gasteiger partial charge in [-0.25, -0.2) is 0 Å². The quantitative estimate of drug-likeness (QED) is 0.798. The maximum absolute atomic E-state index is 11.6. The van der Waals surface area contributed by atoms with E-state index >= 15 is 0 Å². The highest BCUT2D eigenvalue weighted by atomic mass is 32.1. The summed E-state index contributed by atoms with van der Waals surface area (Å²) in [5.74, 6) is -0.0501. The van der Waals surface area contributed by atoms with Crippen LogP contribution in [-0.2, 0) is 0 Å². The van der Waals surface area contributed by atoms with E-state index in [2.05, 4.69) is 43.2 Å². The van der Waals surface area contributed by atoms with Crippen LogP contribution in [0, 0.1) is 0 Å². The van der Waals surface area contributed by atoms with Gasteiger partial charge in [-0.15, -0.1) is 11.3 Å². The van der Waals surface area contributed by atoms with E-state index in [9.17, 15) is 4.79 Å². The average Bonchev–Trinajstić information content (AvgIpc) is 2.81. The summed E-state index contributed by atoms with van der Waals surface area (Å²) in [4.78, 5) is 16.1. The summed E-state index contributed by atoms with van der Waals surface area (Å²) < 4.78 is 0. The zero-order valence-electron chi connectivity index (χ0n) is 11.2. The molecule has 0 spiro atoms. The lowest BCUT2D eigenvalue weighted by Gasteiger charge is -2.01. The molecule has 1 rings (SSSR count). The Morgan fingerprint density at radius 2 is 2.17 bits per heavy atom. The van der Waals surface area contributed by atoms with Crippen LogP contribution in [0.3, 0.4) is 0 Å². The molecule has 0 saturated carbocycles. The molecule has 1 amide bonds. The first-order valence-electron chi connectivity index (χ1n) is 6.05. The van der Waals surface area contributed by atoms with Crippen molar-refractivity contribution in [3.63, 3.8) is 0 Å². The summed E-state index contributed by atoms with van der Waals surface area (Å²) in [5, 5.41) is 2.85. The van der Waals surface area contributed by atoms with Crippen molar-refractivity contribution in [3.8, 4) is 0 Å². The molecule has 0 aliphatic carbocycles. The van der Waals surface area contributed by atoms with Crippen LogP contribution in [0.4, 0.5) is 0 Å². The molecule has 3 nitrogen and oxygen atoms in total. The van der Waals surface area contributed by atoms with Crippen molar-refractivity contribution in [1.82, 2.24) is 10.3 Å². The van der Waals surface area contributed by atoms with Gasteiger partial charge in [0.2, 0.25) is 0 Å². The molecule has 0 bridgehead atoms. The number of aromatic nitrogens is 1. The molecule has 0 unspecified atom stereocenters. The Bertz CT molecular complexity index is 429. The van der Waals surface area contributed by atoms with Gasteiger partial charge in [-0.2, -0.15) is 0 Å². The normalized spacial score (nSPS) is 11.2. The third-order valence-corrected chi connectivity index (χ3v) is 3.23. The van der Waals surface area contributed by atoms with Gasteiger partial charge in [0.25, 0.3) is 5.91 Å². The number of carbonyl (C=O) groups is 1. The fourth-order valence-electron chi connectivity index (χ4n) is 1.42. The summed E-state index contributed by atoms with van der Waals surface area (Å²) in [6.45, 7) is 6.89. The Kier molecular flexibility index (Phi) is 6.36. The van der Waals surface area contributed by atoms with Gasteiger partial charge in [0, 0.05) is 6.54 Å². The smallest absolute Gasteiger partial charge is 0.263 e. The second-order valence-electron chi connectivity index (χ2n) is 4.45. The molecule has 0 saturated heterocycles. The zero-order chi connectivity index (χ0) is 13.4. The zero-order valence-corrected chi connectivity index (χ0v) is 12.0. The van der Waals surface area contributed by atoms with Gasteiger partial charge in [0.15, 0.2) is 0 Å². The fourth-order valence-corrected chi connectivity index (χ4v) is 1.96. The van der Waals surface area contributed by atoms with E-state index < -0.39 is 0 Å². The van der Waals surface area contributed by atoms with Gasteiger partial charge >= 0.3 is 0 Å². The molecule has 98 valence electrons. The predicted molar refractivity (Wildman–Crippen MR) is 76.9 cm³/mol. The average molecular weight is 264 g/mol. The number of rotatable bonds is 6. The Hall–Kier alpha value is -1.42. The lowest BCUT2D eigenvalue weighted by Crippen LogP contribution is -2.22. The standard InChI is InChI=1S/C14H20N2OS/c1-11(2)5-4-6-12(3)7-8-16-14(17)13-9-15-10-18-13/h5,7,9-10H,4,6,8H2,1-3H3,(H,16,17). The SMILES string of the molecule is CC(C)=CCCC(C)=CCNC(=O)c1cncs1. The second-order valence-corrected chi connectivity index (χ2v) is 5.33. The van der Waals surface area contributed by atoms with Crippen LogP contribution < -0.4 is 5.32 Å². The highest BCUT2D eigenvalue weighted by Crippen LogP contribution is 2.07. The molecule has 0 radical (unpaired) electrons. The maximum atomic E-state index is 11.6. The van der Waals surface area contributed by atoms with Gasteiger partial charge in [0.05, 0.1) is 11.7 Å². The molecule has 0 aliphatic heterocycles. The molecule has 0 fully saturated rings. The number of carbonyl (C=O) groups excluding carboxylic acids is 1. The van der Waals surface area contributed by atoms with Gasteiger partial charge in [-0.1, -0.05) is 23.3 Å². The van der Waals surface area contributed by atoms with Crippen molar-refractivity contribution in [2.75, 3.05) is 6.54 Å². The molecule has 4 heteroatoms. The first kappa shape index (κ1) is 14.6. The van der Waals surface area contributed by atoms with E-state index in [0.717, 1.165) is 12.8 Å². The van der Waals surface area contributed by atoms with Crippen LogP contribution in [0.5, 0.6) is 0 Å². The third-order valence-electron chi connectivity index (χ3n) is 2.46. The van der Waals surface area contributed by atoms with Gasteiger partial charge < -0.3 is 5.32 Å². The van der Waals surface area contributed by atoms with Crippen LogP contribution >= 0.6 is 11.3 Å². The topological polar surface area (TPSA) is 42.0 Å². The summed E-state index contributed by atoms with van der Waals surface area (Å²) in [7, 11) is 0. The Labute approximate surface area is 113 Å². The molecule has 0 aromatic carbocycles. The minimum absolute atomic E-state index is 0.0501. The Morgan fingerprint density at radius 3 is 2.78 bits per heavy atom. The van der Waals surface area contributed by atoms with Crippen LogP contribution in [0.15, 0.2) is 35.0 Å². The maximum Gasteiger partial charge on any atom is 0.263 e. The van der Waals surface area contributed by atoms with Crippen molar-refractivity contribution in [2.24, 2.45) is 0 Å². The van der Waals surface area contributed by atoms with Crippen LogP contribution in [0.2, 0.25) is 0 Å². The summed E-state index contributed by atoms with van der Waals surface area (Å²) in [6.07, 6.45) is 7.99. The van der Waals surface area contributed by atoms with Crippen molar-refractivity contribution in [1.29, 1.82) is 0 Å². The minimum Gasteiger partial charge on any atom is -0.348 e. The molecular formula is C14H20N2OS. The van der Waals surface area contributed by atoms with E-state index in [1.807, 2.05) is 0 Å². The first-order valence-corrected chi connectivity index (χ1v) is 6.93. The van der Waals surface area contributed by atoms with E-state index in [4.69, 9.17) is 0 Å². The number of nitrogens with zero attached hydrogens (tertiary/aromatic N) is 1. The molecule has 1 aromatic heterocycles. The highest BCUT2D eigenvalue weighted by molar-refractivity contribution is 7.11. The van der Waals surface area contributed by atoms with Crippen molar-refractivity contribution in [3.05, 3.63) is 39.9 Å². The fraction of sp³-hybridized carbons (Fsp3) is 0.429. The summed E-state index contributed by atoms with van der Waals surface area (Å²) in [5.41, 5.74) is 4.31. The molecule has 18 heavy (non-hydrogen) atoms. The first-order chi connectivity index (χ1) is 8.59. The number of hydrogen-bond acceptors (Lipinski definition) is 3. The van der Waals surface area contributed by atoms with Gasteiger partial charge in [-0.3, -0.25) is 9.78 Å². The lowest BCUT2D eigenvalue weighted by atomic mass is 10.1. The number of amides is 1. The molecule has 0 atom stereocenters. The minimum atomic E-state index is -0.0501. The molecule has 1 N–H and O–H groups in total. The van der Waals surface area contributed by atoms with Gasteiger partial charge in [0.1, 0.15) is 4.88 Å². The second kappa shape index (κ2) is 7.82. The van der Waals surface area contributed by atoms with Gasteiger partial charge in [-0.05, 0) is 33.6 Å². The van der Waals surface area contributed by atoms with E-state index in [-0.39, 0.29) is 5.91 Å². The molecule has 1 aromatic rings. The number of thiazole rings is 1. The monoisotopic (exact) mass is 264 g/mol. The highest BCUT2D eigenvalue weighted by Gasteiger charge is 2.04. The third kappa shape index (κ3) is 5.77. The van der Waals surface area contributed by atoms with E-state index in [1.54, 1.807) is 11.7 Å². The molecule has 1 heterocycles. The van der Waals surface area contributed by atoms with Crippen LogP contribution in [0.1, 0.15) is 43.3 Å². The van der Waals surface area contributed by atoms with Crippen molar-refractivity contribution >= 4 is 17.2 Å². The summed E-state index contributed by atoms with van der Waals surface area (Å²) >= 11 is 1.36. The largest absolute Gasteiger partial charge is 0.348 e. The number of nitrogens with one attached hydrogen (secondary N) is 1. The molecular weight excluding hydrogens is 244 g/mol. The lowest BCUT2D eigenvalue weighted by molar-refractivity contribution is 0.0962. The Balaban J connectivity index is 2.27. The summed E-state index contributed by atoms with van der Waals surface area (Å²) in [6, 6.07) is 0. The Morgan fingerprint density at radius 1 is 1.39 bits per heavy atom. The van der Waals surface area contributed by atoms with E-state index in [1.165, 1.54) is 22.5 Å². The van der Waals surface area contributed by atoms with Crippen molar-refractivity contribution < 1.29 is 4.79 Å². The predicted octanol–water partition coefficient (Wildman–Crippen LogP) is 3.57. The number of hydrogen-bond donors (Lipinski definition) is 1. The van der Waals surface area contributed by atoms with Crippen molar-refractivity contribution in [2.45, 2.75) is 33.6 Å². The number of allylic oxidation sites excluding steroid dienone is 3. The van der Waals surface area contributed by atoms with Crippen LogP contribution in [-0.4, -0.2) is 17.4 Å². The molecule has 0 aliphatic rings. The van der Waals surface area contributed by atoms with E-state index in [0.29, 0.717) is 11.4 Å². The van der Waals surface area contributed by atoms with Crippen LogP contribution in [0.25, 0.3) is 0 Å².